The Morgan fingerprint density at radius 2 is 1.18 bits per heavy atom. The minimum absolute atomic E-state index is 0.263. The van der Waals surface area contributed by atoms with Crippen LogP contribution in [0.1, 0.15) is 27.6 Å². The van der Waals surface area contributed by atoms with Gasteiger partial charge in [-0.1, -0.05) is 0 Å². The van der Waals surface area contributed by atoms with Crippen molar-refractivity contribution in [3.63, 3.8) is 0 Å². The van der Waals surface area contributed by atoms with Crippen LogP contribution in [0, 0.1) is 5.82 Å². The van der Waals surface area contributed by atoms with Crippen molar-refractivity contribution in [2.75, 3.05) is 17.2 Å². The van der Waals surface area contributed by atoms with Gasteiger partial charge in [0.1, 0.15) is 11.6 Å². The number of ether oxygens (including phenoxy) is 1. The molecule has 3 aromatic rings. The quantitative estimate of drug-likeness (QED) is 0.652. The van der Waals surface area contributed by atoms with Crippen molar-refractivity contribution in [1.29, 1.82) is 0 Å². The minimum Gasteiger partial charge on any atom is -0.494 e. The van der Waals surface area contributed by atoms with Gasteiger partial charge in [-0.3, -0.25) is 9.59 Å². The lowest BCUT2D eigenvalue weighted by molar-refractivity contribution is 0.102. The first-order chi connectivity index (χ1) is 13.5. The Kier molecular flexibility index (Phi) is 6.01. The van der Waals surface area contributed by atoms with E-state index in [2.05, 4.69) is 10.6 Å². The van der Waals surface area contributed by atoms with Gasteiger partial charge in [-0.15, -0.1) is 0 Å². The molecule has 0 spiro atoms. The highest BCUT2D eigenvalue weighted by atomic mass is 19.1. The van der Waals surface area contributed by atoms with Crippen molar-refractivity contribution >= 4 is 23.2 Å². The first-order valence-electron chi connectivity index (χ1n) is 8.76. The van der Waals surface area contributed by atoms with Crippen molar-refractivity contribution in [2.45, 2.75) is 6.92 Å². The third kappa shape index (κ3) is 4.94. The molecule has 0 aromatic heterocycles. The number of rotatable bonds is 6. The van der Waals surface area contributed by atoms with Crippen LogP contribution in [0.3, 0.4) is 0 Å². The third-order valence-electron chi connectivity index (χ3n) is 3.93. The third-order valence-corrected chi connectivity index (χ3v) is 3.93. The van der Waals surface area contributed by atoms with Crippen molar-refractivity contribution < 1.29 is 18.7 Å². The molecule has 0 bridgehead atoms. The van der Waals surface area contributed by atoms with E-state index in [-0.39, 0.29) is 11.8 Å². The molecular formula is C22H19FN2O3. The van der Waals surface area contributed by atoms with Gasteiger partial charge < -0.3 is 15.4 Å². The fourth-order valence-electron chi connectivity index (χ4n) is 2.51. The topological polar surface area (TPSA) is 67.4 Å². The molecule has 0 aliphatic rings. The average molecular weight is 378 g/mol. The van der Waals surface area contributed by atoms with Crippen LogP contribution in [0.2, 0.25) is 0 Å². The summed E-state index contributed by atoms with van der Waals surface area (Å²) in [4.78, 5) is 24.5. The Balaban J connectivity index is 1.60. The minimum atomic E-state index is -0.403. The van der Waals surface area contributed by atoms with E-state index in [9.17, 15) is 14.0 Å². The van der Waals surface area contributed by atoms with E-state index in [0.717, 1.165) is 5.75 Å². The monoisotopic (exact) mass is 378 g/mol. The largest absolute Gasteiger partial charge is 0.494 e. The van der Waals surface area contributed by atoms with Gasteiger partial charge in [0.2, 0.25) is 0 Å². The number of carbonyl (C=O) groups excluding carboxylic acids is 2. The predicted molar refractivity (Wildman–Crippen MR) is 106 cm³/mol. The molecular weight excluding hydrogens is 359 g/mol. The number of hydrogen-bond donors (Lipinski definition) is 2. The molecule has 0 aliphatic carbocycles. The van der Waals surface area contributed by atoms with Gasteiger partial charge in [0.25, 0.3) is 11.8 Å². The smallest absolute Gasteiger partial charge is 0.255 e. The second-order valence-corrected chi connectivity index (χ2v) is 5.95. The van der Waals surface area contributed by atoms with E-state index in [1.165, 1.54) is 24.3 Å². The number of anilines is 2. The number of benzene rings is 3. The molecule has 0 saturated carbocycles. The van der Waals surface area contributed by atoms with E-state index in [1.54, 1.807) is 48.5 Å². The van der Waals surface area contributed by atoms with Crippen molar-refractivity contribution in [1.82, 2.24) is 0 Å². The molecule has 0 radical (unpaired) electrons. The zero-order valence-corrected chi connectivity index (χ0v) is 15.2. The number of halogens is 1. The summed E-state index contributed by atoms with van der Waals surface area (Å²) in [5, 5.41) is 5.51. The fraction of sp³-hybridized carbons (Fsp3) is 0.0909. The van der Waals surface area contributed by atoms with Gasteiger partial charge in [0.05, 0.1) is 6.61 Å². The van der Waals surface area contributed by atoms with E-state index < -0.39 is 5.82 Å². The zero-order valence-electron chi connectivity index (χ0n) is 15.2. The molecule has 3 rings (SSSR count). The molecule has 2 N–H and O–H groups in total. The summed E-state index contributed by atoms with van der Waals surface area (Å²) in [6, 6.07) is 18.9. The zero-order chi connectivity index (χ0) is 19.9. The van der Waals surface area contributed by atoms with E-state index in [1.807, 2.05) is 6.92 Å². The second kappa shape index (κ2) is 8.81. The fourth-order valence-corrected chi connectivity index (χ4v) is 2.51. The Hall–Kier alpha value is -3.67. The molecule has 3 aromatic carbocycles. The summed E-state index contributed by atoms with van der Waals surface area (Å²) in [5.41, 5.74) is 1.99. The van der Waals surface area contributed by atoms with Gasteiger partial charge in [-0.05, 0) is 79.7 Å². The van der Waals surface area contributed by atoms with Gasteiger partial charge in [-0.2, -0.15) is 0 Å². The molecule has 142 valence electrons. The lowest BCUT2D eigenvalue weighted by Gasteiger charge is -2.09. The molecule has 6 heteroatoms. The molecule has 0 unspecified atom stereocenters. The summed E-state index contributed by atoms with van der Waals surface area (Å²) < 4.78 is 18.3. The van der Waals surface area contributed by atoms with E-state index in [4.69, 9.17) is 4.74 Å². The molecule has 0 heterocycles. The maximum absolute atomic E-state index is 12.9. The van der Waals surface area contributed by atoms with Crippen LogP contribution in [0.4, 0.5) is 15.8 Å². The maximum atomic E-state index is 12.9. The highest BCUT2D eigenvalue weighted by Gasteiger charge is 2.09. The molecule has 2 amide bonds. The summed E-state index contributed by atoms with van der Waals surface area (Å²) in [5.74, 6) is -0.284. The SMILES string of the molecule is CCOc1ccc(NC(=O)c2ccc(NC(=O)c3ccc(F)cc3)cc2)cc1. The van der Waals surface area contributed by atoms with Gasteiger partial charge >= 0.3 is 0 Å². The van der Waals surface area contributed by atoms with Crippen molar-refractivity contribution in [3.05, 3.63) is 89.7 Å². The van der Waals surface area contributed by atoms with Gasteiger partial charge in [-0.25, -0.2) is 4.39 Å². The van der Waals surface area contributed by atoms with Crippen LogP contribution in [0.25, 0.3) is 0 Å². The van der Waals surface area contributed by atoms with E-state index in [0.29, 0.717) is 29.1 Å². The highest BCUT2D eigenvalue weighted by molar-refractivity contribution is 6.06. The summed E-state index contributed by atoms with van der Waals surface area (Å²) in [7, 11) is 0. The average Bonchev–Trinajstić information content (AvgIpc) is 2.70. The van der Waals surface area contributed by atoms with Crippen LogP contribution in [-0.4, -0.2) is 18.4 Å². The highest BCUT2D eigenvalue weighted by Crippen LogP contribution is 2.17. The number of hydrogen-bond acceptors (Lipinski definition) is 3. The molecule has 0 aliphatic heterocycles. The lowest BCUT2D eigenvalue weighted by atomic mass is 10.1. The Bertz CT molecular complexity index is 953. The standard InChI is InChI=1S/C22H19FN2O3/c1-2-28-20-13-11-19(12-14-20)25-22(27)16-5-9-18(10-6-16)24-21(26)15-3-7-17(23)8-4-15/h3-14H,2H2,1H3,(H,24,26)(H,25,27). The van der Waals surface area contributed by atoms with Crippen molar-refractivity contribution in [3.8, 4) is 5.75 Å². The lowest BCUT2D eigenvalue weighted by Crippen LogP contribution is -2.13. The molecule has 0 atom stereocenters. The van der Waals surface area contributed by atoms with Crippen LogP contribution >= 0.6 is 0 Å². The number of nitrogens with one attached hydrogen (secondary N) is 2. The summed E-state index contributed by atoms with van der Waals surface area (Å²) in [6.45, 7) is 2.48. The first kappa shape index (κ1) is 19.1. The van der Waals surface area contributed by atoms with Crippen LogP contribution in [0.15, 0.2) is 72.8 Å². The Morgan fingerprint density at radius 1 is 0.750 bits per heavy atom. The van der Waals surface area contributed by atoms with Crippen molar-refractivity contribution in [2.24, 2.45) is 0 Å². The number of carbonyl (C=O) groups is 2. The number of amides is 2. The molecule has 5 nitrogen and oxygen atoms in total. The maximum Gasteiger partial charge on any atom is 0.255 e. The van der Waals surface area contributed by atoms with E-state index >= 15 is 0 Å². The van der Waals surface area contributed by atoms with Crippen LogP contribution in [0.5, 0.6) is 5.75 Å². The van der Waals surface area contributed by atoms with Crippen LogP contribution < -0.4 is 15.4 Å². The van der Waals surface area contributed by atoms with Gasteiger partial charge in [0.15, 0.2) is 0 Å². The van der Waals surface area contributed by atoms with Gasteiger partial charge in [0, 0.05) is 22.5 Å². The predicted octanol–water partition coefficient (Wildman–Crippen LogP) is 4.73. The molecule has 0 fully saturated rings. The molecule has 0 saturated heterocycles. The molecule has 28 heavy (non-hydrogen) atoms. The normalized spacial score (nSPS) is 10.2. The summed E-state index contributed by atoms with van der Waals surface area (Å²) >= 11 is 0. The Labute approximate surface area is 162 Å². The first-order valence-corrected chi connectivity index (χ1v) is 8.76. The summed E-state index contributed by atoms with van der Waals surface area (Å²) in [6.07, 6.45) is 0. The van der Waals surface area contributed by atoms with Crippen LogP contribution in [-0.2, 0) is 0 Å². The second-order valence-electron chi connectivity index (χ2n) is 5.95. The Morgan fingerprint density at radius 3 is 1.64 bits per heavy atom.